The smallest absolute Gasteiger partial charge is 0.243 e. The molecule has 0 aliphatic carbocycles. The van der Waals surface area contributed by atoms with Gasteiger partial charge in [0.05, 0.1) is 17.7 Å². The summed E-state index contributed by atoms with van der Waals surface area (Å²) in [5.74, 6) is 0.635. The van der Waals surface area contributed by atoms with Crippen LogP contribution >= 0.6 is 11.3 Å². The molecular weight excluding hydrogens is 330 g/mol. The SMILES string of the molecule is O=S(=O)(c1ccccc1)N(CCc1cccs1)Cc1ccco1. The topological polar surface area (TPSA) is 50.5 Å². The molecule has 0 bridgehead atoms. The molecule has 0 aliphatic heterocycles. The van der Waals surface area contributed by atoms with Crippen molar-refractivity contribution in [2.45, 2.75) is 17.9 Å². The summed E-state index contributed by atoms with van der Waals surface area (Å²) in [6.45, 7) is 0.647. The maximum atomic E-state index is 12.9. The fourth-order valence-electron chi connectivity index (χ4n) is 2.29. The molecular formula is C17H17NO3S2. The first-order valence-electron chi connectivity index (χ1n) is 7.26. The Morgan fingerprint density at radius 3 is 2.48 bits per heavy atom. The summed E-state index contributed by atoms with van der Waals surface area (Å²) in [7, 11) is -3.55. The molecule has 0 atom stereocenters. The van der Waals surface area contributed by atoms with Crippen LogP contribution in [-0.4, -0.2) is 19.3 Å². The molecule has 0 amide bonds. The van der Waals surface area contributed by atoms with Gasteiger partial charge in [-0.2, -0.15) is 4.31 Å². The zero-order valence-corrected chi connectivity index (χ0v) is 14.1. The highest BCUT2D eigenvalue weighted by molar-refractivity contribution is 7.89. The third kappa shape index (κ3) is 3.90. The number of furan rings is 1. The molecule has 0 unspecified atom stereocenters. The van der Waals surface area contributed by atoms with Crippen molar-refractivity contribution in [3.8, 4) is 0 Å². The van der Waals surface area contributed by atoms with Crippen molar-refractivity contribution in [2.75, 3.05) is 6.54 Å². The molecule has 2 heterocycles. The van der Waals surface area contributed by atoms with E-state index < -0.39 is 10.0 Å². The van der Waals surface area contributed by atoms with E-state index >= 15 is 0 Å². The number of thiophene rings is 1. The quantitative estimate of drug-likeness (QED) is 0.654. The van der Waals surface area contributed by atoms with Crippen LogP contribution in [-0.2, 0) is 23.0 Å². The van der Waals surface area contributed by atoms with E-state index in [9.17, 15) is 8.42 Å². The molecule has 3 aromatic rings. The van der Waals surface area contributed by atoms with Gasteiger partial charge in [0.25, 0.3) is 0 Å². The molecule has 0 fully saturated rings. The normalized spacial score (nSPS) is 11.9. The van der Waals surface area contributed by atoms with E-state index in [0.717, 1.165) is 4.88 Å². The molecule has 0 radical (unpaired) electrons. The Morgan fingerprint density at radius 2 is 1.83 bits per heavy atom. The molecule has 6 heteroatoms. The van der Waals surface area contributed by atoms with Crippen molar-refractivity contribution in [1.29, 1.82) is 0 Å². The van der Waals surface area contributed by atoms with E-state index in [1.54, 1.807) is 54.0 Å². The van der Waals surface area contributed by atoms with Crippen LogP contribution in [0, 0.1) is 0 Å². The molecule has 4 nitrogen and oxygen atoms in total. The highest BCUT2D eigenvalue weighted by Gasteiger charge is 2.25. The van der Waals surface area contributed by atoms with E-state index in [1.165, 1.54) is 4.31 Å². The number of hydrogen-bond donors (Lipinski definition) is 0. The number of benzene rings is 1. The summed E-state index contributed by atoms with van der Waals surface area (Å²) in [6.07, 6.45) is 2.24. The van der Waals surface area contributed by atoms with Gasteiger partial charge in [0.1, 0.15) is 5.76 Å². The second kappa shape index (κ2) is 7.12. The third-order valence-corrected chi connectivity index (χ3v) is 6.28. The third-order valence-electron chi connectivity index (χ3n) is 3.48. The van der Waals surface area contributed by atoms with E-state index in [-0.39, 0.29) is 6.54 Å². The number of sulfonamides is 1. The predicted octanol–water partition coefficient (Wildman–Crippen LogP) is 3.77. The van der Waals surface area contributed by atoms with E-state index in [2.05, 4.69) is 0 Å². The van der Waals surface area contributed by atoms with Crippen molar-refractivity contribution in [3.63, 3.8) is 0 Å². The molecule has 0 saturated carbocycles. The Labute approximate surface area is 140 Å². The molecule has 0 aliphatic rings. The average Bonchev–Trinajstić information content (AvgIpc) is 3.25. The molecule has 2 aromatic heterocycles. The van der Waals surface area contributed by atoms with Crippen molar-refractivity contribution >= 4 is 21.4 Å². The number of rotatable bonds is 7. The van der Waals surface area contributed by atoms with Gasteiger partial charge in [-0.05, 0) is 42.1 Å². The zero-order chi connectivity index (χ0) is 16.1. The second-order valence-electron chi connectivity index (χ2n) is 5.06. The van der Waals surface area contributed by atoms with Gasteiger partial charge in [-0.3, -0.25) is 0 Å². The molecule has 23 heavy (non-hydrogen) atoms. The lowest BCUT2D eigenvalue weighted by Crippen LogP contribution is -2.32. The summed E-state index contributed by atoms with van der Waals surface area (Å²) in [5, 5.41) is 2.00. The van der Waals surface area contributed by atoms with Crippen LogP contribution in [0.5, 0.6) is 0 Å². The second-order valence-corrected chi connectivity index (χ2v) is 8.03. The summed E-state index contributed by atoms with van der Waals surface area (Å²) in [5.41, 5.74) is 0. The first-order valence-corrected chi connectivity index (χ1v) is 9.58. The predicted molar refractivity (Wildman–Crippen MR) is 90.8 cm³/mol. The van der Waals surface area contributed by atoms with Crippen LogP contribution in [0.15, 0.2) is 75.6 Å². The van der Waals surface area contributed by atoms with Crippen molar-refractivity contribution < 1.29 is 12.8 Å². The van der Waals surface area contributed by atoms with Gasteiger partial charge >= 0.3 is 0 Å². The van der Waals surface area contributed by atoms with Crippen LogP contribution in [0.2, 0.25) is 0 Å². The largest absolute Gasteiger partial charge is 0.468 e. The summed E-state index contributed by atoms with van der Waals surface area (Å²) in [6, 6.07) is 16.1. The van der Waals surface area contributed by atoms with Crippen molar-refractivity contribution in [1.82, 2.24) is 4.31 Å². The van der Waals surface area contributed by atoms with Crippen LogP contribution in [0.3, 0.4) is 0 Å². The van der Waals surface area contributed by atoms with Gasteiger partial charge in [-0.1, -0.05) is 24.3 Å². The molecule has 0 saturated heterocycles. The average molecular weight is 347 g/mol. The Kier molecular flexibility index (Phi) is 4.95. The maximum Gasteiger partial charge on any atom is 0.243 e. The molecule has 120 valence electrons. The Hall–Kier alpha value is -1.89. The Bertz CT molecular complexity index is 810. The first-order chi connectivity index (χ1) is 11.2. The summed E-state index contributed by atoms with van der Waals surface area (Å²) in [4.78, 5) is 1.47. The highest BCUT2D eigenvalue weighted by Crippen LogP contribution is 2.20. The summed E-state index contributed by atoms with van der Waals surface area (Å²) >= 11 is 1.63. The van der Waals surface area contributed by atoms with E-state index in [1.807, 2.05) is 23.6 Å². The zero-order valence-electron chi connectivity index (χ0n) is 12.5. The molecule has 0 N–H and O–H groups in total. The highest BCUT2D eigenvalue weighted by atomic mass is 32.2. The van der Waals surface area contributed by atoms with Gasteiger partial charge in [0.2, 0.25) is 10.0 Å². The first kappa shape index (κ1) is 16.0. The van der Waals surface area contributed by atoms with E-state index in [4.69, 9.17) is 4.42 Å². The van der Waals surface area contributed by atoms with Crippen LogP contribution < -0.4 is 0 Å². The van der Waals surface area contributed by atoms with Crippen LogP contribution in [0.25, 0.3) is 0 Å². The van der Waals surface area contributed by atoms with Gasteiger partial charge in [-0.25, -0.2) is 8.42 Å². The Balaban J connectivity index is 1.84. The fourth-order valence-corrected chi connectivity index (χ4v) is 4.42. The van der Waals surface area contributed by atoms with Gasteiger partial charge in [0.15, 0.2) is 0 Å². The standard InChI is InChI=1S/C17H17NO3S2/c19-23(20,17-8-2-1-3-9-17)18(14-15-6-4-12-21-15)11-10-16-7-5-13-22-16/h1-9,12-13H,10-11,14H2. The molecule has 3 rings (SSSR count). The molecule has 1 aromatic carbocycles. The van der Waals surface area contributed by atoms with Gasteiger partial charge in [0, 0.05) is 11.4 Å². The van der Waals surface area contributed by atoms with Crippen LogP contribution in [0.1, 0.15) is 10.6 Å². The van der Waals surface area contributed by atoms with Gasteiger partial charge < -0.3 is 4.42 Å². The van der Waals surface area contributed by atoms with Crippen molar-refractivity contribution in [2.24, 2.45) is 0 Å². The lowest BCUT2D eigenvalue weighted by molar-refractivity contribution is 0.366. The van der Waals surface area contributed by atoms with Crippen LogP contribution in [0.4, 0.5) is 0 Å². The molecule has 0 spiro atoms. The lowest BCUT2D eigenvalue weighted by Gasteiger charge is -2.21. The number of hydrogen-bond acceptors (Lipinski definition) is 4. The monoisotopic (exact) mass is 347 g/mol. The van der Waals surface area contributed by atoms with Gasteiger partial charge in [-0.15, -0.1) is 11.3 Å². The minimum absolute atomic E-state index is 0.232. The van der Waals surface area contributed by atoms with Crippen molar-refractivity contribution in [3.05, 3.63) is 76.9 Å². The minimum atomic E-state index is -3.55. The van der Waals surface area contributed by atoms with E-state index in [0.29, 0.717) is 23.6 Å². The fraction of sp³-hybridized carbons (Fsp3) is 0.176. The summed E-state index contributed by atoms with van der Waals surface area (Å²) < 4.78 is 32.6. The minimum Gasteiger partial charge on any atom is -0.468 e. The Morgan fingerprint density at radius 1 is 1.00 bits per heavy atom. The number of nitrogens with zero attached hydrogens (tertiary/aromatic N) is 1. The maximum absolute atomic E-state index is 12.9. The lowest BCUT2D eigenvalue weighted by atomic mass is 10.3.